The van der Waals surface area contributed by atoms with Crippen LogP contribution in [-0.4, -0.2) is 17.7 Å². The van der Waals surface area contributed by atoms with E-state index in [4.69, 9.17) is 21.1 Å². The number of phenolic OH excluding ortho intramolecular Hbond substituents is 1. The number of benzene rings is 2. The molecule has 2 aromatic rings. The molecule has 0 saturated heterocycles. The van der Waals surface area contributed by atoms with Gasteiger partial charge in [0.05, 0.1) is 12.2 Å². The average Bonchev–Trinajstić information content (AvgIpc) is 2.54. The molecule has 3 rings (SSSR count). The van der Waals surface area contributed by atoms with E-state index in [0.717, 1.165) is 23.8 Å². The van der Waals surface area contributed by atoms with Crippen LogP contribution in [0.25, 0.3) is 6.08 Å². The van der Waals surface area contributed by atoms with Crippen molar-refractivity contribution in [1.82, 2.24) is 0 Å². The fourth-order valence-electron chi connectivity index (χ4n) is 2.29. The lowest BCUT2D eigenvalue weighted by molar-refractivity contribution is -0.0165. The summed E-state index contributed by atoms with van der Waals surface area (Å²) in [5.41, 5.74) is 1.28. The number of phenols is 1. The van der Waals surface area contributed by atoms with Crippen molar-refractivity contribution in [2.45, 2.75) is 6.61 Å². The lowest BCUT2D eigenvalue weighted by Crippen LogP contribution is -2.12. The summed E-state index contributed by atoms with van der Waals surface area (Å²) in [6.45, 7) is 0.490. The summed E-state index contributed by atoms with van der Waals surface area (Å²) in [6, 6.07) is 6.59. The highest BCUT2D eigenvalue weighted by molar-refractivity contribution is 6.30. The topological polar surface area (TPSA) is 55.8 Å². The van der Waals surface area contributed by atoms with Gasteiger partial charge in [0.15, 0.2) is 12.6 Å². The maximum Gasteiger partial charge on any atom is 0.189 e. The molecule has 0 aliphatic carbocycles. The molecule has 1 aliphatic rings. The van der Waals surface area contributed by atoms with E-state index >= 15 is 0 Å². The van der Waals surface area contributed by atoms with Gasteiger partial charge in [-0.1, -0.05) is 11.6 Å². The van der Waals surface area contributed by atoms with Crippen molar-refractivity contribution < 1.29 is 23.8 Å². The molecule has 0 aromatic heterocycles. The summed E-state index contributed by atoms with van der Waals surface area (Å²) < 4.78 is 23.8. The maximum absolute atomic E-state index is 13.2. The first-order valence-corrected chi connectivity index (χ1v) is 7.16. The van der Waals surface area contributed by atoms with Gasteiger partial charge in [-0.3, -0.25) is 4.79 Å². The third-order valence-corrected chi connectivity index (χ3v) is 3.56. The van der Waals surface area contributed by atoms with Gasteiger partial charge in [0.2, 0.25) is 0 Å². The highest BCUT2D eigenvalue weighted by Crippen LogP contribution is 2.32. The lowest BCUT2D eigenvalue weighted by atomic mass is 10.1. The highest BCUT2D eigenvalue weighted by atomic mass is 35.5. The smallest absolute Gasteiger partial charge is 0.189 e. The molecule has 118 valence electrons. The number of rotatable bonds is 3. The van der Waals surface area contributed by atoms with Crippen molar-refractivity contribution in [3.05, 3.63) is 63.9 Å². The molecule has 0 bridgehead atoms. The molecule has 0 radical (unpaired) electrons. The van der Waals surface area contributed by atoms with Crippen molar-refractivity contribution in [3.63, 3.8) is 0 Å². The average molecular weight is 335 g/mol. The first kappa shape index (κ1) is 15.5. The summed E-state index contributed by atoms with van der Waals surface area (Å²) in [5, 5.41) is 10.1. The molecule has 0 saturated carbocycles. The Morgan fingerprint density at radius 3 is 2.96 bits per heavy atom. The number of halogens is 2. The normalized spacial score (nSPS) is 13.7. The summed E-state index contributed by atoms with van der Waals surface area (Å²) in [7, 11) is 0. The number of hydrogen-bond donors (Lipinski definition) is 1. The SMILES string of the molecule is O=C(C=Cc1cc(Cl)cc2c1OCOC2)c1cc(F)ccc1O. The summed E-state index contributed by atoms with van der Waals surface area (Å²) in [5.74, 6) is -0.810. The zero-order valence-corrected chi connectivity index (χ0v) is 12.6. The van der Waals surface area contributed by atoms with Crippen LogP contribution >= 0.6 is 11.6 Å². The van der Waals surface area contributed by atoms with Gasteiger partial charge < -0.3 is 14.6 Å². The van der Waals surface area contributed by atoms with Crippen molar-refractivity contribution in [3.8, 4) is 11.5 Å². The predicted molar refractivity (Wildman–Crippen MR) is 83.2 cm³/mol. The fraction of sp³-hybridized carbons (Fsp3) is 0.118. The van der Waals surface area contributed by atoms with E-state index in [2.05, 4.69) is 0 Å². The predicted octanol–water partition coefficient (Wildman–Crippen LogP) is 3.95. The number of ketones is 1. The number of ether oxygens (including phenoxy) is 2. The molecule has 23 heavy (non-hydrogen) atoms. The molecule has 0 atom stereocenters. The number of aromatic hydroxyl groups is 1. The minimum Gasteiger partial charge on any atom is -0.507 e. The second-order valence-corrected chi connectivity index (χ2v) is 5.39. The van der Waals surface area contributed by atoms with Gasteiger partial charge in [-0.2, -0.15) is 0 Å². The van der Waals surface area contributed by atoms with Crippen LogP contribution in [-0.2, 0) is 11.3 Å². The Hall–Kier alpha value is -2.37. The van der Waals surface area contributed by atoms with Gasteiger partial charge in [0, 0.05) is 16.1 Å². The molecule has 6 heteroatoms. The van der Waals surface area contributed by atoms with Crippen LogP contribution in [0.5, 0.6) is 11.5 Å². The zero-order valence-electron chi connectivity index (χ0n) is 11.9. The number of carbonyl (C=O) groups excluding carboxylic acids is 1. The minimum atomic E-state index is -0.597. The molecule has 0 spiro atoms. The molecular weight excluding hydrogens is 323 g/mol. The van der Waals surface area contributed by atoms with E-state index in [1.165, 1.54) is 12.2 Å². The molecule has 0 unspecified atom stereocenters. The Bertz CT molecular complexity index is 801. The van der Waals surface area contributed by atoms with Crippen molar-refractivity contribution in [2.24, 2.45) is 0 Å². The van der Waals surface area contributed by atoms with Crippen LogP contribution in [0.4, 0.5) is 4.39 Å². The monoisotopic (exact) mass is 334 g/mol. The van der Waals surface area contributed by atoms with E-state index in [9.17, 15) is 14.3 Å². The molecule has 1 N–H and O–H groups in total. The van der Waals surface area contributed by atoms with E-state index in [-0.39, 0.29) is 18.1 Å². The first-order chi connectivity index (χ1) is 11.0. The van der Waals surface area contributed by atoms with Crippen molar-refractivity contribution >= 4 is 23.5 Å². The van der Waals surface area contributed by atoms with Gasteiger partial charge in [0.25, 0.3) is 0 Å². The van der Waals surface area contributed by atoms with E-state index in [0.29, 0.717) is 22.9 Å². The summed E-state index contributed by atoms with van der Waals surface area (Å²) in [4.78, 5) is 12.1. The van der Waals surface area contributed by atoms with Gasteiger partial charge in [-0.15, -0.1) is 0 Å². The minimum absolute atomic E-state index is 0.110. The molecule has 1 aliphatic heterocycles. The van der Waals surface area contributed by atoms with E-state index < -0.39 is 11.6 Å². The van der Waals surface area contributed by atoms with Crippen LogP contribution in [0.1, 0.15) is 21.5 Å². The van der Waals surface area contributed by atoms with Gasteiger partial charge in [0.1, 0.15) is 17.3 Å². The Balaban J connectivity index is 1.92. The Morgan fingerprint density at radius 2 is 2.13 bits per heavy atom. The highest BCUT2D eigenvalue weighted by Gasteiger charge is 2.16. The van der Waals surface area contributed by atoms with E-state index in [1.54, 1.807) is 12.1 Å². The van der Waals surface area contributed by atoms with E-state index in [1.807, 2.05) is 0 Å². The molecular formula is C17H12ClFO4. The molecule has 2 aromatic carbocycles. The standard InChI is InChI=1S/C17H12ClFO4/c18-12-5-10(17-11(6-12)8-22-9-23-17)1-3-15(20)14-7-13(19)2-4-16(14)21/h1-7,21H,8-9H2. The van der Waals surface area contributed by atoms with Gasteiger partial charge >= 0.3 is 0 Å². The summed E-state index contributed by atoms with van der Waals surface area (Å²) >= 11 is 6.04. The fourth-order valence-corrected chi connectivity index (χ4v) is 2.54. The Labute approximate surface area is 136 Å². The summed E-state index contributed by atoms with van der Waals surface area (Å²) in [6.07, 6.45) is 2.75. The molecule has 4 nitrogen and oxygen atoms in total. The number of allylic oxidation sites excluding steroid dienone is 1. The van der Waals surface area contributed by atoms with Crippen LogP contribution in [0.3, 0.4) is 0 Å². The third kappa shape index (κ3) is 3.36. The Morgan fingerprint density at radius 1 is 1.30 bits per heavy atom. The lowest BCUT2D eigenvalue weighted by Gasteiger charge is -2.19. The second kappa shape index (κ2) is 6.40. The third-order valence-electron chi connectivity index (χ3n) is 3.34. The molecule has 0 amide bonds. The second-order valence-electron chi connectivity index (χ2n) is 4.95. The van der Waals surface area contributed by atoms with Crippen LogP contribution in [0.2, 0.25) is 5.02 Å². The number of fused-ring (bicyclic) bond motifs is 1. The van der Waals surface area contributed by atoms with Crippen LogP contribution < -0.4 is 4.74 Å². The van der Waals surface area contributed by atoms with Crippen LogP contribution in [0.15, 0.2) is 36.4 Å². The van der Waals surface area contributed by atoms with Crippen molar-refractivity contribution in [2.75, 3.05) is 6.79 Å². The quantitative estimate of drug-likeness (QED) is 0.682. The van der Waals surface area contributed by atoms with Gasteiger partial charge in [-0.05, 0) is 42.5 Å². The molecule has 0 fully saturated rings. The number of carbonyl (C=O) groups is 1. The van der Waals surface area contributed by atoms with Crippen LogP contribution in [0, 0.1) is 5.82 Å². The van der Waals surface area contributed by atoms with Gasteiger partial charge in [-0.25, -0.2) is 4.39 Å². The largest absolute Gasteiger partial charge is 0.507 e. The maximum atomic E-state index is 13.2. The zero-order chi connectivity index (χ0) is 16.4. The van der Waals surface area contributed by atoms with Crippen molar-refractivity contribution in [1.29, 1.82) is 0 Å². The number of hydrogen-bond acceptors (Lipinski definition) is 4. The first-order valence-electron chi connectivity index (χ1n) is 6.78. The Kier molecular flexibility index (Phi) is 4.32. The molecule has 1 heterocycles.